The SMILES string of the molecule is CC1(C)CNCC2CNC21. The zero-order valence-electron chi connectivity index (χ0n) is 6.78. The average molecular weight is 140 g/mol. The molecule has 58 valence electrons. The zero-order chi connectivity index (χ0) is 7.19. The summed E-state index contributed by atoms with van der Waals surface area (Å²) < 4.78 is 0. The number of hydrogen-bond donors (Lipinski definition) is 2. The molecule has 2 N–H and O–H groups in total. The largest absolute Gasteiger partial charge is 0.316 e. The van der Waals surface area contributed by atoms with Crippen molar-refractivity contribution >= 4 is 0 Å². The van der Waals surface area contributed by atoms with Crippen LogP contribution in [0, 0.1) is 11.3 Å². The highest BCUT2D eigenvalue weighted by Crippen LogP contribution is 2.33. The minimum atomic E-state index is 0.473. The third-order valence-corrected chi connectivity index (χ3v) is 2.90. The second kappa shape index (κ2) is 1.95. The Balaban J connectivity index is 2.08. The molecule has 0 bridgehead atoms. The molecule has 2 nitrogen and oxygen atoms in total. The van der Waals surface area contributed by atoms with Crippen LogP contribution in [-0.2, 0) is 0 Å². The van der Waals surface area contributed by atoms with Crippen LogP contribution in [0.15, 0.2) is 0 Å². The molecular formula is C8H16N2. The Kier molecular flexibility index (Phi) is 1.29. The van der Waals surface area contributed by atoms with Gasteiger partial charge in [-0.3, -0.25) is 0 Å². The summed E-state index contributed by atoms with van der Waals surface area (Å²) in [4.78, 5) is 0. The fourth-order valence-corrected chi connectivity index (χ4v) is 2.20. The smallest absolute Gasteiger partial charge is 0.0183 e. The minimum Gasteiger partial charge on any atom is -0.316 e. The van der Waals surface area contributed by atoms with Crippen LogP contribution in [0.4, 0.5) is 0 Å². The van der Waals surface area contributed by atoms with Crippen molar-refractivity contribution in [2.75, 3.05) is 19.6 Å². The summed E-state index contributed by atoms with van der Waals surface area (Å²) in [6, 6.07) is 0.786. The van der Waals surface area contributed by atoms with Gasteiger partial charge in [0, 0.05) is 25.7 Å². The lowest BCUT2D eigenvalue weighted by atomic mass is 9.70. The van der Waals surface area contributed by atoms with Gasteiger partial charge in [0.15, 0.2) is 0 Å². The molecule has 2 aliphatic heterocycles. The van der Waals surface area contributed by atoms with E-state index in [0.717, 1.165) is 12.0 Å². The maximum Gasteiger partial charge on any atom is 0.0183 e. The Hall–Kier alpha value is -0.0800. The van der Waals surface area contributed by atoms with Crippen LogP contribution in [0.2, 0.25) is 0 Å². The van der Waals surface area contributed by atoms with Gasteiger partial charge >= 0.3 is 0 Å². The average Bonchev–Trinajstić information content (AvgIpc) is 1.73. The van der Waals surface area contributed by atoms with Crippen molar-refractivity contribution in [3.05, 3.63) is 0 Å². The Morgan fingerprint density at radius 2 is 2.10 bits per heavy atom. The molecular weight excluding hydrogens is 124 g/mol. The fraction of sp³-hybridized carbons (Fsp3) is 1.00. The molecule has 2 fully saturated rings. The first-order valence-electron chi connectivity index (χ1n) is 4.14. The van der Waals surface area contributed by atoms with Crippen molar-refractivity contribution < 1.29 is 0 Å². The summed E-state index contributed by atoms with van der Waals surface area (Å²) in [7, 11) is 0. The van der Waals surface area contributed by atoms with Crippen molar-refractivity contribution in [2.24, 2.45) is 11.3 Å². The Bertz CT molecular complexity index is 142. The predicted molar refractivity (Wildman–Crippen MR) is 41.9 cm³/mol. The van der Waals surface area contributed by atoms with E-state index >= 15 is 0 Å². The molecule has 0 radical (unpaired) electrons. The monoisotopic (exact) mass is 140 g/mol. The lowest BCUT2D eigenvalue weighted by Crippen LogP contribution is -2.68. The first-order chi connectivity index (χ1) is 4.70. The van der Waals surface area contributed by atoms with Crippen molar-refractivity contribution in [1.82, 2.24) is 10.6 Å². The van der Waals surface area contributed by atoms with E-state index in [4.69, 9.17) is 0 Å². The third kappa shape index (κ3) is 0.789. The number of fused-ring (bicyclic) bond motifs is 1. The summed E-state index contributed by atoms with van der Waals surface area (Å²) in [6.45, 7) is 8.29. The Morgan fingerprint density at radius 3 is 2.50 bits per heavy atom. The maximum absolute atomic E-state index is 3.50. The number of piperidine rings is 1. The van der Waals surface area contributed by atoms with E-state index in [1.807, 2.05) is 0 Å². The highest BCUT2D eigenvalue weighted by Gasteiger charge is 2.43. The maximum atomic E-state index is 3.50. The second-order valence-corrected chi connectivity index (χ2v) is 4.27. The van der Waals surface area contributed by atoms with Crippen LogP contribution in [0.1, 0.15) is 13.8 Å². The molecule has 2 saturated heterocycles. The van der Waals surface area contributed by atoms with Gasteiger partial charge in [0.25, 0.3) is 0 Å². The van der Waals surface area contributed by atoms with Crippen LogP contribution < -0.4 is 10.6 Å². The van der Waals surface area contributed by atoms with Crippen molar-refractivity contribution in [1.29, 1.82) is 0 Å². The van der Waals surface area contributed by atoms with Crippen LogP contribution >= 0.6 is 0 Å². The quantitative estimate of drug-likeness (QED) is 0.502. The van der Waals surface area contributed by atoms with Crippen LogP contribution in [0.3, 0.4) is 0 Å². The molecule has 2 heteroatoms. The van der Waals surface area contributed by atoms with Gasteiger partial charge in [-0.2, -0.15) is 0 Å². The third-order valence-electron chi connectivity index (χ3n) is 2.90. The van der Waals surface area contributed by atoms with Crippen molar-refractivity contribution in [3.63, 3.8) is 0 Å². The van der Waals surface area contributed by atoms with Gasteiger partial charge in [0.2, 0.25) is 0 Å². The molecule has 0 spiro atoms. The van der Waals surface area contributed by atoms with E-state index in [1.165, 1.54) is 19.6 Å². The summed E-state index contributed by atoms with van der Waals surface area (Å²) in [5.41, 5.74) is 0.473. The minimum absolute atomic E-state index is 0.473. The van der Waals surface area contributed by atoms with Gasteiger partial charge in [-0.25, -0.2) is 0 Å². The van der Waals surface area contributed by atoms with Crippen LogP contribution in [0.25, 0.3) is 0 Å². The lowest BCUT2D eigenvalue weighted by molar-refractivity contribution is 0.0593. The molecule has 2 rings (SSSR count). The van der Waals surface area contributed by atoms with Crippen LogP contribution in [-0.4, -0.2) is 25.7 Å². The molecule has 0 saturated carbocycles. The molecule has 0 aromatic carbocycles. The van der Waals surface area contributed by atoms with Gasteiger partial charge in [-0.1, -0.05) is 13.8 Å². The van der Waals surface area contributed by atoms with E-state index in [9.17, 15) is 0 Å². The molecule has 0 amide bonds. The second-order valence-electron chi connectivity index (χ2n) is 4.27. The molecule has 0 aromatic rings. The Labute approximate surface area is 62.4 Å². The zero-order valence-corrected chi connectivity index (χ0v) is 6.78. The van der Waals surface area contributed by atoms with E-state index in [1.54, 1.807) is 0 Å². The molecule has 0 aromatic heterocycles. The molecule has 2 unspecified atom stereocenters. The van der Waals surface area contributed by atoms with Gasteiger partial charge in [-0.05, 0) is 11.3 Å². The summed E-state index contributed by atoms with van der Waals surface area (Å²) in [5.74, 6) is 0.906. The lowest BCUT2D eigenvalue weighted by Gasteiger charge is -2.52. The fourth-order valence-electron chi connectivity index (χ4n) is 2.20. The first-order valence-corrected chi connectivity index (χ1v) is 4.14. The van der Waals surface area contributed by atoms with E-state index in [2.05, 4.69) is 24.5 Å². The summed E-state index contributed by atoms with van der Waals surface area (Å²) in [5, 5.41) is 6.96. The predicted octanol–water partition coefficient (Wildman–Crippen LogP) is 0.204. The van der Waals surface area contributed by atoms with E-state index in [-0.39, 0.29) is 0 Å². The highest BCUT2D eigenvalue weighted by molar-refractivity contribution is 5.02. The van der Waals surface area contributed by atoms with E-state index in [0.29, 0.717) is 5.41 Å². The van der Waals surface area contributed by atoms with Crippen molar-refractivity contribution in [2.45, 2.75) is 19.9 Å². The van der Waals surface area contributed by atoms with Gasteiger partial charge in [0.1, 0.15) is 0 Å². The highest BCUT2D eigenvalue weighted by atomic mass is 15.1. The van der Waals surface area contributed by atoms with Crippen molar-refractivity contribution in [3.8, 4) is 0 Å². The normalized spacial score (nSPS) is 43.8. The van der Waals surface area contributed by atoms with Gasteiger partial charge in [0.05, 0.1) is 0 Å². The van der Waals surface area contributed by atoms with Gasteiger partial charge in [-0.15, -0.1) is 0 Å². The number of hydrogen-bond acceptors (Lipinski definition) is 2. The molecule has 2 aliphatic rings. The van der Waals surface area contributed by atoms with Crippen LogP contribution in [0.5, 0.6) is 0 Å². The number of rotatable bonds is 0. The Morgan fingerprint density at radius 1 is 1.30 bits per heavy atom. The first kappa shape index (κ1) is 6.62. The molecule has 2 heterocycles. The molecule has 0 aliphatic carbocycles. The standard InChI is InChI=1S/C8H16N2/c1-8(2)5-9-3-6-4-10-7(6)8/h6-7,9-10H,3-5H2,1-2H3. The molecule has 2 atom stereocenters. The van der Waals surface area contributed by atoms with E-state index < -0.39 is 0 Å². The number of nitrogens with one attached hydrogen (secondary N) is 2. The van der Waals surface area contributed by atoms with Gasteiger partial charge < -0.3 is 10.6 Å². The topological polar surface area (TPSA) is 24.1 Å². The summed E-state index contributed by atoms with van der Waals surface area (Å²) >= 11 is 0. The summed E-state index contributed by atoms with van der Waals surface area (Å²) in [6.07, 6.45) is 0. The molecule has 10 heavy (non-hydrogen) atoms.